The normalized spacial score (nSPS) is 11.0. The van der Waals surface area contributed by atoms with E-state index in [1.165, 1.54) is 17.5 Å². The molecule has 8 heteroatoms. The van der Waals surface area contributed by atoms with Crippen molar-refractivity contribution in [3.63, 3.8) is 0 Å². The minimum absolute atomic E-state index is 0.0611. The first-order valence-electron chi connectivity index (χ1n) is 5.06. The van der Waals surface area contributed by atoms with Crippen LogP contribution in [0.15, 0.2) is 17.8 Å². The van der Waals surface area contributed by atoms with Gasteiger partial charge >= 0.3 is 0 Å². The standard InChI is InChI=1S/C10H7ClFN5S/c11-10-16-8-7(5(12)3-14-8)9(17-10)15-4-6-13-1-2-18-6/h1-3H,4H2,(H2,14,15,16,17). The molecular weight excluding hydrogens is 277 g/mol. The molecule has 0 spiro atoms. The van der Waals surface area contributed by atoms with Gasteiger partial charge in [0, 0.05) is 17.8 Å². The number of aromatic nitrogens is 4. The molecule has 0 aliphatic carbocycles. The van der Waals surface area contributed by atoms with Gasteiger partial charge in [-0.05, 0) is 11.6 Å². The van der Waals surface area contributed by atoms with E-state index in [9.17, 15) is 4.39 Å². The number of aromatic amines is 1. The van der Waals surface area contributed by atoms with Gasteiger partial charge in [-0.2, -0.15) is 9.97 Å². The topological polar surface area (TPSA) is 66.5 Å². The molecule has 3 rings (SSSR count). The molecule has 3 heterocycles. The van der Waals surface area contributed by atoms with E-state index in [2.05, 4.69) is 25.3 Å². The number of nitrogens with one attached hydrogen (secondary N) is 2. The van der Waals surface area contributed by atoms with E-state index in [-0.39, 0.29) is 5.28 Å². The first kappa shape index (κ1) is 11.4. The average molecular weight is 284 g/mol. The van der Waals surface area contributed by atoms with Crippen LogP contribution in [-0.4, -0.2) is 19.9 Å². The molecule has 0 atom stereocenters. The zero-order valence-corrected chi connectivity index (χ0v) is 10.5. The van der Waals surface area contributed by atoms with Gasteiger partial charge in [0.2, 0.25) is 5.28 Å². The molecule has 0 unspecified atom stereocenters. The fourth-order valence-electron chi connectivity index (χ4n) is 1.60. The first-order valence-corrected chi connectivity index (χ1v) is 6.32. The van der Waals surface area contributed by atoms with E-state index < -0.39 is 5.82 Å². The van der Waals surface area contributed by atoms with Crippen molar-refractivity contribution in [2.24, 2.45) is 0 Å². The van der Waals surface area contributed by atoms with Crippen molar-refractivity contribution in [3.05, 3.63) is 33.9 Å². The summed E-state index contributed by atoms with van der Waals surface area (Å²) in [4.78, 5) is 14.7. The van der Waals surface area contributed by atoms with E-state index in [0.29, 0.717) is 23.4 Å². The highest BCUT2D eigenvalue weighted by molar-refractivity contribution is 7.09. The summed E-state index contributed by atoms with van der Waals surface area (Å²) in [7, 11) is 0. The molecule has 0 radical (unpaired) electrons. The highest BCUT2D eigenvalue weighted by Gasteiger charge is 2.13. The maximum absolute atomic E-state index is 13.6. The summed E-state index contributed by atoms with van der Waals surface area (Å²) >= 11 is 7.28. The average Bonchev–Trinajstić information content (AvgIpc) is 2.96. The van der Waals surface area contributed by atoms with Gasteiger partial charge in [-0.25, -0.2) is 9.37 Å². The fraction of sp³-hybridized carbons (Fsp3) is 0.100. The molecule has 0 fully saturated rings. The summed E-state index contributed by atoms with van der Waals surface area (Å²) in [6, 6.07) is 0. The van der Waals surface area contributed by atoms with E-state index in [0.717, 1.165) is 5.01 Å². The molecule has 3 aromatic rings. The smallest absolute Gasteiger partial charge is 0.226 e. The van der Waals surface area contributed by atoms with Gasteiger partial charge < -0.3 is 10.3 Å². The van der Waals surface area contributed by atoms with Gasteiger partial charge in [-0.1, -0.05) is 0 Å². The van der Waals surface area contributed by atoms with Crippen LogP contribution in [0, 0.1) is 5.82 Å². The largest absolute Gasteiger partial charge is 0.363 e. The second kappa shape index (κ2) is 4.51. The van der Waals surface area contributed by atoms with Crippen molar-refractivity contribution in [1.29, 1.82) is 0 Å². The van der Waals surface area contributed by atoms with Gasteiger partial charge in [0.05, 0.1) is 11.9 Å². The number of anilines is 1. The van der Waals surface area contributed by atoms with Crippen LogP contribution in [0.4, 0.5) is 10.2 Å². The lowest BCUT2D eigenvalue weighted by atomic mass is 10.3. The van der Waals surface area contributed by atoms with Crippen molar-refractivity contribution in [3.8, 4) is 0 Å². The van der Waals surface area contributed by atoms with Crippen molar-refractivity contribution in [2.75, 3.05) is 5.32 Å². The van der Waals surface area contributed by atoms with Crippen molar-refractivity contribution >= 4 is 39.8 Å². The molecule has 0 saturated heterocycles. The molecule has 18 heavy (non-hydrogen) atoms. The lowest BCUT2D eigenvalue weighted by Crippen LogP contribution is -2.03. The van der Waals surface area contributed by atoms with Crippen LogP contribution in [0.5, 0.6) is 0 Å². The minimum atomic E-state index is -0.414. The van der Waals surface area contributed by atoms with Crippen LogP contribution in [0.1, 0.15) is 5.01 Å². The molecular formula is C10H7ClFN5S. The van der Waals surface area contributed by atoms with Crippen molar-refractivity contribution in [2.45, 2.75) is 6.54 Å². The molecule has 0 aromatic carbocycles. The molecule has 0 aliphatic rings. The van der Waals surface area contributed by atoms with Crippen LogP contribution in [0.3, 0.4) is 0 Å². The number of halogens is 2. The molecule has 2 N–H and O–H groups in total. The third kappa shape index (κ3) is 2.02. The summed E-state index contributed by atoms with van der Waals surface area (Å²) in [6.45, 7) is 0.463. The molecule has 0 amide bonds. The van der Waals surface area contributed by atoms with E-state index in [4.69, 9.17) is 11.6 Å². The molecule has 0 saturated carbocycles. The van der Waals surface area contributed by atoms with Gasteiger partial charge in [0.1, 0.15) is 16.5 Å². The SMILES string of the molecule is Fc1c[nH]c2nc(Cl)nc(NCc3nccs3)c12. The number of hydrogen-bond donors (Lipinski definition) is 2. The van der Waals surface area contributed by atoms with Crippen molar-refractivity contribution < 1.29 is 4.39 Å². The predicted octanol–water partition coefficient (Wildman–Crippen LogP) is 2.82. The third-order valence-corrected chi connectivity index (χ3v) is 3.30. The van der Waals surface area contributed by atoms with Crippen LogP contribution in [0.25, 0.3) is 11.0 Å². The van der Waals surface area contributed by atoms with E-state index in [1.54, 1.807) is 6.20 Å². The number of fused-ring (bicyclic) bond motifs is 1. The summed E-state index contributed by atoms with van der Waals surface area (Å²) < 4.78 is 13.6. The maximum atomic E-state index is 13.6. The Morgan fingerprint density at radius 3 is 3.11 bits per heavy atom. The van der Waals surface area contributed by atoms with Crippen LogP contribution in [0.2, 0.25) is 5.28 Å². The predicted molar refractivity (Wildman–Crippen MR) is 68.3 cm³/mol. The Labute approximate surface area is 110 Å². The second-order valence-corrected chi connectivity index (χ2v) is 4.80. The zero-order valence-electron chi connectivity index (χ0n) is 8.94. The summed E-state index contributed by atoms with van der Waals surface area (Å²) in [6.07, 6.45) is 2.94. The highest BCUT2D eigenvalue weighted by atomic mass is 35.5. The molecule has 3 aromatic heterocycles. The summed E-state index contributed by atoms with van der Waals surface area (Å²) in [5.74, 6) is -0.0535. The monoisotopic (exact) mass is 283 g/mol. The quantitative estimate of drug-likeness (QED) is 0.726. The molecule has 0 bridgehead atoms. The molecule has 0 aliphatic heterocycles. The fourth-order valence-corrected chi connectivity index (χ4v) is 2.32. The van der Waals surface area contributed by atoms with Gasteiger partial charge in [0.25, 0.3) is 0 Å². The highest BCUT2D eigenvalue weighted by Crippen LogP contribution is 2.24. The van der Waals surface area contributed by atoms with E-state index in [1.807, 2.05) is 5.38 Å². The van der Waals surface area contributed by atoms with Crippen LogP contribution < -0.4 is 5.32 Å². The lowest BCUT2D eigenvalue weighted by molar-refractivity contribution is 0.639. The zero-order chi connectivity index (χ0) is 12.5. The Bertz CT molecular complexity index is 681. The second-order valence-electron chi connectivity index (χ2n) is 3.48. The summed E-state index contributed by atoms with van der Waals surface area (Å²) in [5, 5.41) is 6.13. The number of thiazole rings is 1. The first-order chi connectivity index (χ1) is 8.74. The van der Waals surface area contributed by atoms with Crippen LogP contribution >= 0.6 is 22.9 Å². The Morgan fingerprint density at radius 2 is 2.33 bits per heavy atom. The van der Waals surface area contributed by atoms with E-state index >= 15 is 0 Å². The number of rotatable bonds is 3. The number of nitrogens with zero attached hydrogens (tertiary/aromatic N) is 3. The maximum Gasteiger partial charge on any atom is 0.226 e. The lowest BCUT2D eigenvalue weighted by Gasteiger charge is -2.05. The van der Waals surface area contributed by atoms with Crippen LogP contribution in [-0.2, 0) is 6.54 Å². The number of H-pyrrole nitrogens is 1. The Kier molecular flexibility index (Phi) is 2.85. The molecule has 92 valence electrons. The Morgan fingerprint density at radius 1 is 1.44 bits per heavy atom. The van der Waals surface area contributed by atoms with Gasteiger partial charge in [-0.3, -0.25) is 0 Å². The third-order valence-electron chi connectivity index (χ3n) is 2.35. The van der Waals surface area contributed by atoms with Gasteiger partial charge in [-0.15, -0.1) is 11.3 Å². The summed E-state index contributed by atoms with van der Waals surface area (Å²) in [5.41, 5.74) is 0.370. The molecule has 5 nitrogen and oxygen atoms in total. The van der Waals surface area contributed by atoms with Gasteiger partial charge in [0.15, 0.2) is 5.82 Å². The number of hydrogen-bond acceptors (Lipinski definition) is 5. The Hall–Kier alpha value is -1.73. The Balaban J connectivity index is 1.97. The minimum Gasteiger partial charge on any atom is -0.363 e. The van der Waals surface area contributed by atoms with Crippen molar-refractivity contribution in [1.82, 2.24) is 19.9 Å².